The average molecular weight is 584 g/mol. The van der Waals surface area contributed by atoms with Crippen molar-refractivity contribution in [1.82, 2.24) is 10.2 Å². The van der Waals surface area contributed by atoms with Gasteiger partial charge in [-0.3, -0.25) is 13.9 Å². The minimum Gasteiger partial charge on any atom is -0.350 e. The van der Waals surface area contributed by atoms with E-state index in [0.717, 1.165) is 21.0 Å². The molecular weight excluding hydrogens is 546 g/mol. The molecule has 3 aromatic carbocycles. The fourth-order valence-electron chi connectivity index (χ4n) is 4.36. The van der Waals surface area contributed by atoms with Crippen LogP contribution in [0.4, 0.5) is 5.69 Å². The molecule has 0 heterocycles. The summed E-state index contributed by atoms with van der Waals surface area (Å²) in [7, 11) is -4.15. The van der Waals surface area contributed by atoms with E-state index in [4.69, 9.17) is 11.6 Å². The predicted octanol–water partition coefficient (Wildman–Crippen LogP) is 5.87. The second-order valence-electron chi connectivity index (χ2n) is 10.9. The molecule has 0 spiro atoms. The number of hydrogen-bond acceptors (Lipinski definition) is 4. The molecule has 0 saturated carbocycles. The number of nitrogens with one attached hydrogen (secondary N) is 1. The van der Waals surface area contributed by atoms with Crippen LogP contribution in [0.3, 0.4) is 0 Å². The fourth-order valence-corrected chi connectivity index (χ4v) is 5.97. The van der Waals surface area contributed by atoms with E-state index in [0.29, 0.717) is 11.4 Å². The monoisotopic (exact) mass is 583 g/mol. The number of aryl methyl sites for hydroxylation is 2. The van der Waals surface area contributed by atoms with Gasteiger partial charge < -0.3 is 10.2 Å². The van der Waals surface area contributed by atoms with Gasteiger partial charge in [-0.2, -0.15) is 0 Å². The lowest BCUT2D eigenvalue weighted by Gasteiger charge is -2.35. The third kappa shape index (κ3) is 7.86. The predicted molar refractivity (Wildman–Crippen MR) is 161 cm³/mol. The number of halogens is 1. The van der Waals surface area contributed by atoms with Crippen molar-refractivity contribution < 1.29 is 18.0 Å². The lowest BCUT2D eigenvalue weighted by molar-refractivity contribution is -0.141. The lowest BCUT2D eigenvalue weighted by Crippen LogP contribution is -2.55. The van der Waals surface area contributed by atoms with E-state index in [1.165, 1.54) is 17.0 Å². The van der Waals surface area contributed by atoms with Crippen LogP contribution < -0.4 is 9.62 Å². The number of carbonyl (C=O) groups is 2. The van der Waals surface area contributed by atoms with Gasteiger partial charge in [-0.15, -0.1) is 0 Å². The van der Waals surface area contributed by atoms with Crippen molar-refractivity contribution >= 4 is 39.1 Å². The first kappa shape index (κ1) is 31.2. The molecule has 7 nitrogen and oxygen atoms in total. The summed E-state index contributed by atoms with van der Waals surface area (Å²) >= 11 is 6.38. The Hall–Kier alpha value is -3.36. The van der Waals surface area contributed by atoms with E-state index in [1.807, 2.05) is 65.8 Å². The van der Waals surface area contributed by atoms with E-state index in [2.05, 4.69) is 5.32 Å². The van der Waals surface area contributed by atoms with Crippen LogP contribution in [0.15, 0.2) is 77.7 Å². The zero-order chi connectivity index (χ0) is 29.7. The molecule has 3 rings (SSSR count). The van der Waals surface area contributed by atoms with Crippen LogP contribution in [-0.2, 0) is 26.2 Å². The Morgan fingerprint density at radius 2 is 1.62 bits per heavy atom. The topological polar surface area (TPSA) is 86.8 Å². The van der Waals surface area contributed by atoms with Gasteiger partial charge >= 0.3 is 0 Å². The van der Waals surface area contributed by atoms with E-state index in [9.17, 15) is 18.0 Å². The smallest absolute Gasteiger partial charge is 0.264 e. The van der Waals surface area contributed by atoms with Crippen molar-refractivity contribution in [3.05, 3.63) is 94.5 Å². The molecule has 9 heteroatoms. The van der Waals surface area contributed by atoms with Gasteiger partial charge in [0.1, 0.15) is 12.6 Å². The van der Waals surface area contributed by atoms with Crippen LogP contribution in [-0.4, -0.2) is 43.3 Å². The second kappa shape index (κ2) is 12.9. The number of hydrogen-bond donors (Lipinski definition) is 1. The van der Waals surface area contributed by atoms with Crippen molar-refractivity contribution in [2.45, 2.75) is 71.0 Å². The molecule has 1 unspecified atom stereocenters. The van der Waals surface area contributed by atoms with Crippen LogP contribution in [0.2, 0.25) is 5.02 Å². The molecule has 3 aromatic rings. The number of sulfonamides is 1. The first-order valence-corrected chi connectivity index (χ1v) is 15.1. The Balaban J connectivity index is 2.09. The Kier molecular flexibility index (Phi) is 10.0. The Labute approximate surface area is 243 Å². The zero-order valence-corrected chi connectivity index (χ0v) is 25.5. The number of anilines is 1. The normalized spacial score (nSPS) is 12.5. The van der Waals surface area contributed by atoms with Crippen molar-refractivity contribution in [1.29, 1.82) is 0 Å². The summed E-state index contributed by atoms with van der Waals surface area (Å²) < 4.78 is 28.8. The molecule has 0 aliphatic carbocycles. The summed E-state index contributed by atoms with van der Waals surface area (Å²) in [6, 6.07) is 19.7. The Morgan fingerprint density at radius 3 is 2.20 bits per heavy atom. The standard InChI is InChI=1S/C31H38ClN3O4S/c1-7-28(30(37)33-31(4,5)6)34(20-24-13-11-12-22(2)18-24)29(36)21-35(25-17-16-23(3)27(32)19-25)40(38,39)26-14-9-8-10-15-26/h8-19,28H,7,20-21H2,1-6H3,(H,33,37). The molecule has 2 amide bonds. The van der Waals surface area contributed by atoms with Gasteiger partial charge in [0, 0.05) is 17.1 Å². The van der Waals surface area contributed by atoms with Crippen molar-refractivity contribution in [2.75, 3.05) is 10.8 Å². The van der Waals surface area contributed by atoms with Gasteiger partial charge in [0.25, 0.3) is 10.0 Å². The molecule has 0 radical (unpaired) electrons. The molecule has 0 aromatic heterocycles. The number of benzene rings is 3. The minimum atomic E-state index is -4.15. The average Bonchev–Trinajstić information content (AvgIpc) is 2.88. The minimum absolute atomic E-state index is 0.0437. The van der Waals surface area contributed by atoms with Gasteiger partial charge in [0.15, 0.2) is 0 Å². The van der Waals surface area contributed by atoms with E-state index in [1.54, 1.807) is 36.4 Å². The largest absolute Gasteiger partial charge is 0.350 e. The molecule has 1 atom stereocenters. The quantitative estimate of drug-likeness (QED) is 0.323. The summed E-state index contributed by atoms with van der Waals surface area (Å²) in [5.41, 5.74) is 2.38. The van der Waals surface area contributed by atoms with Crippen LogP contribution in [0.5, 0.6) is 0 Å². The summed E-state index contributed by atoms with van der Waals surface area (Å²) in [5, 5.41) is 3.36. The van der Waals surface area contributed by atoms with Crippen molar-refractivity contribution in [2.24, 2.45) is 0 Å². The highest BCUT2D eigenvalue weighted by atomic mass is 35.5. The molecule has 0 saturated heterocycles. The first-order valence-electron chi connectivity index (χ1n) is 13.2. The molecule has 214 valence electrons. The molecule has 0 fully saturated rings. The van der Waals surface area contributed by atoms with Gasteiger partial charge in [0.2, 0.25) is 11.8 Å². The Morgan fingerprint density at radius 1 is 0.950 bits per heavy atom. The van der Waals surface area contributed by atoms with Crippen LogP contribution in [0.1, 0.15) is 50.8 Å². The van der Waals surface area contributed by atoms with Crippen LogP contribution in [0.25, 0.3) is 0 Å². The highest BCUT2D eigenvalue weighted by molar-refractivity contribution is 7.92. The van der Waals surface area contributed by atoms with E-state index < -0.39 is 34.1 Å². The summed E-state index contributed by atoms with van der Waals surface area (Å²) in [5.74, 6) is -0.805. The molecule has 1 N–H and O–H groups in total. The van der Waals surface area contributed by atoms with Crippen molar-refractivity contribution in [3.63, 3.8) is 0 Å². The number of rotatable bonds is 10. The maximum Gasteiger partial charge on any atom is 0.264 e. The molecular formula is C31H38ClN3O4S. The number of nitrogens with zero attached hydrogens (tertiary/aromatic N) is 2. The summed E-state index contributed by atoms with van der Waals surface area (Å²) in [4.78, 5) is 29.0. The second-order valence-corrected chi connectivity index (χ2v) is 13.2. The first-order chi connectivity index (χ1) is 18.7. The van der Waals surface area contributed by atoms with E-state index in [-0.39, 0.29) is 23.0 Å². The van der Waals surface area contributed by atoms with Gasteiger partial charge in [-0.25, -0.2) is 8.42 Å². The molecule has 0 aliphatic heterocycles. The molecule has 40 heavy (non-hydrogen) atoms. The summed E-state index contributed by atoms with van der Waals surface area (Å²) in [6.45, 7) is 10.9. The van der Waals surface area contributed by atoms with Crippen LogP contribution >= 0.6 is 11.6 Å². The lowest BCUT2D eigenvalue weighted by atomic mass is 10.0. The number of amides is 2. The third-order valence-corrected chi connectivity index (χ3v) is 8.57. The highest BCUT2D eigenvalue weighted by Crippen LogP contribution is 2.28. The van der Waals surface area contributed by atoms with Crippen molar-refractivity contribution in [3.8, 4) is 0 Å². The number of carbonyl (C=O) groups excluding carboxylic acids is 2. The third-order valence-electron chi connectivity index (χ3n) is 6.37. The zero-order valence-electron chi connectivity index (χ0n) is 23.9. The van der Waals surface area contributed by atoms with Crippen LogP contribution in [0, 0.1) is 13.8 Å². The molecule has 0 aliphatic rings. The highest BCUT2D eigenvalue weighted by Gasteiger charge is 2.34. The van der Waals surface area contributed by atoms with Gasteiger partial charge in [0.05, 0.1) is 10.6 Å². The fraction of sp³-hybridized carbons (Fsp3) is 0.355. The SMILES string of the molecule is CCC(C(=O)NC(C)(C)C)N(Cc1cccc(C)c1)C(=O)CN(c1ccc(C)c(Cl)c1)S(=O)(=O)c1ccccc1. The van der Waals surface area contributed by atoms with Gasteiger partial charge in [-0.05, 0) is 76.4 Å². The Bertz CT molecular complexity index is 1450. The maximum atomic E-state index is 14.1. The van der Waals surface area contributed by atoms with Gasteiger partial charge in [-0.1, -0.05) is 72.6 Å². The molecule has 0 bridgehead atoms. The van der Waals surface area contributed by atoms with E-state index >= 15 is 0 Å². The maximum absolute atomic E-state index is 14.1. The summed E-state index contributed by atoms with van der Waals surface area (Å²) in [6.07, 6.45) is 0.348.